The smallest absolute Gasteiger partial charge is 0.316 e. The Labute approximate surface area is 93.7 Å². The maximum atomic E-state index is 10.7. The minimum atomic E-state index is -0.543. The van der Waals surface area contributed by atoms with Crippen molar-refractivity contribution in [3.8, 4) is 0 Å². The number of carbonyl (C=O) groups is 1. The molecule has 3 N–H and O–H groups in total. The lowest BCUT2D eigenvalue weighted by Gasteiger charge is -2.06. The van der Waals surface area contributed by atoms with E-state index in [0.29, 0.717) is 0 Å². The summed E-state index contributed by atoms with van der Waals surface area (Å²) >= 11 is 0. The van der Waals surface area contributed by atoms with Crippen molar-refractivity contribution in [2.24, 2.45) is 5.73 Å². The van der Waals surface area contributed by atoms with E-state index in [1.54, 1.807) is 0 Å². The average molecular weight is 215 g/mol. The van der Waals surface area contributed by atoms with E-state index >= 15 is 0 Å². The number of amides is 2. The monoisotopic (exact) mass is 215 g/mol. The number of nitrogens with zero attached hydrogens (tertiary/aromatic N) is 1. The maximum absolute atomic E-state index is 10.7. The summed E-state index contributed by atoms with van der Waals surface area (Å²) in [4.78, 5) is 10.7. The van der Waals surface area contributed by atoms with Crippen LogP contribution in [0.1, 0.15) is 5.56 Å². The van der Waals surface area contributed by atoms with Crippen molar-refractivity contribution in [2.45, 2.75) is 6.54 Å². The van der Waals surface area contributed by atoms with Gasteiger partial charge in [-0.05, 0) is 29.8 Å². The van der Waals surface area contributed by atoms with Crippen LogP contribution >= 0.6 is 0 Å². The molecule has 0 fully saturated rings. The summed E-state index contributed by atoms with van der Waals surface area (Å²) in [6.07, 6.45) is 3.99. The highest BCUT2D eigenvalue weighted by Crippen LogP contribution is 2.11. The molecule has 2 rings (SSSR count). The third-order valence-electron chi connectivity index (χ3n) is 2.23. The molecule has 0 aliphatic rings. The minimum absolute atomic E-state index is 0.543. The Morgan fingerprint density at radius 3 is 2.69 bits per heavy atom. The Hall–Kier alpha value is -2.23. The quantitative estimate of drug-likeness (QED) is 0.808. The fourth-order valence-electron chi connectivity index (χ4n) is 1.58. The summed E-state index contributed by atoms with van der Waals surface area (Å²) in [5, 5.41) is 2.55. The molecule has 1 aromatic heterocycles. The van der Waals surface area contributed by atoms with Crippen molar-refractivity contribution in [2.75, 3.05) is 5.32 Å². The number of rotatable bonds is 3. The van der Waals surface area contributed by atoms with Crippen molar-refractivity contribution in [3.05, 3.63) is 54.4 Å². The summed E-state index contributed by atoms with van der Waals surface area (Å²) in [5.74, 6) is 0. The fourth-order valence-corrected chi connectivity index (χ4v) is 1.58. The molecule has 2 aromatic rings. The van der Waals surface area contributed by atoms with Crippen molar-refractivity contribution in [3.63, 3.8) is 0 Å². The van der Waals surface area contributed by atoms with Gasteiger partial charge in [0.1, 0.15) is 0 Å². The first-order valence-corrected chi connectivity index (χ1v) is 5.00. The fraction of sp³-hybridized carbons (Fsp3) is 0.0833. The van der Waals surface area contributed by atoms with Gasteiger partial charge >= 0.3 is 6.03 Å². The zero-order valence-electron chi connectivity index (χ0n) is 8.76. The number of carbonyl (C=O) groups excluding carboxylic acids is 1. The SMILES string of the molecule is NC(=O)Nc1cccc(Cn2cccc2)c1. The van der Waals surface area contributed by atoms with Crippen LogP contribution in [0.2, 0.25) is 0 Å². The summed E-state index contributed by atoms with van der Waals surface area (Å²) < 4.78 is 2.06. The van der Waals surface area contributed by atoms with E-state index in [9.17, 15) is 4.79 Å². The molecule has 0 radical (unpaired) electrons. The molecule has 4 nitrogen and oxygen atoms in total. The Kier molecular flexibility index (Phi) is 2.91. The molecule has 1 heterocycles. The maximum Gasteiger partial charge on any atom is 0.316 e. The largest absolute Gasteiger partial charge is 0.351 e. The molecule has 0 unspecified atom stereocenters. The molecular formula is C12H13N3O. The average Bonchev–Trinajstić information content (AvgIpc) is 2.70. The van der Waals surface area contributed by atoms with Gasteiger partial charge in [0.05, 0.1) is 0 Å². The standard InChI is InChI=1S/C12H13N3O/c13-12(16)14-11-5-3-4-10(8-11)9-15-6-1-2-7-15/h1-8H,9H2,(H3,13,14,16). The molecule has 4 heteroatoms. The first-order valence-electron chi connectivity index (χ1n) is 5.00. The van der Waals surface area contributed by atoms with Gasteiger partial charge in [0.15, 0.2) is 0 Å². The Bertz CT molecular complexity index is 477. The number of nitrogens with one attached hydrogen (secondary N) is 1. The molecule has 0 aliphatic heterocycles. The van der Waals surface area contributed by atoms with Gasteiger partial charge in [-0.15, -0.1) is 0 Å². The van der Waals surface area contributed by atoms with Gasteiger partial charge in [0.25, 0.3) is 0 Å². The zero-order valence-corrected chi connectivity index (χ0v) is 8.76. The van der Waals surface area contributed by atoms with Crippen LogP contribution in [0.25, 0.3) is 0 Å². The van der Waals surface area contributed by atoms with Crippen LogP contribution in [0.15, 0.2) is 48.8 Å². The summed E-state index contributed by atoms with van der Waals surface area (Å²) in [7, 11) is 0. The highest BCUT2D eigenvalue weighted by Gasteiger charge is 1.98. The van der Waals surface area contributed by atoms with Crippen LogP contribution in [-0.4, -0.2) is 10.6 Å². The van der Waals surface area contributed by atoms with Gasteiger partial charge in [-0.1, -0.05) is 12.1 Å². The Morgan fingerprint density at radius 2 is 2.00 bits per heavy atom. The predicted molar refractivity (Wildman–Crippen MR) is 63.2 cm³/mol. The second-order valence-corrected chi connectivity index (χ2v) is 3.55. The number of nitrogens with two attached hydrogens (primary N) is 1. The first kappa shape index (κ1) is 10.3. The second-order valence-electron chi connectivity index (χ2n) is 3.55. The highest BCUT2D eigenvalue weighted by atomic mass is 16.2. The number of benzene rings is 1. The van der Waals surface area contributed by atoms with E-state index in [2.05, 4.69) is 9.88 Å². The van der Waals surface area contributed by atoms with Crippen LogP contribution in [-0.2, 0) is 6.54 Å². The van der Waals surface area contributed by atoms with Crippen LogP contribution in [0.5, 0.6) is 0 Å². The number of hydrogen-bond acceptors (Lipinski definition) is 1. The zero-order chi connectivity index (χ0) is 11.4. The van der Waals surface area contributed by atoms with Crippen molar-refractivity contribution < 1.29 is 4.79 Å². The molecule has 1 aromatic carbocycles. The van der Waals surface area contributed by atoms with Crippen LogP contribution in [0.4, 0.5) is 10.5 Å². The number of primary amides is 1. The number of aromatic nitrogens is 1. The van der Waals surface area contributed by atoms with Crippen molar-refractivity contribution in [1.29, 1.82) is 0 Å². The lowest BCUT2D eigenvalue weighted by molar-refractivity contribution is 0.259. The molecule has 16 heavy (non-hydrogen) atoms. The minimum Gasteiger partial charge on any atom is -0.351 e. The van der Waals surface area contributed by atoms with Crippen molar-refractivity contribution in [1.82, 2.24) is 4.57 Å². The third-order valence-corrected chi connectivity index (χ3v) is 2.23. The Balaban J connectivity index is 2.13. The molecule has 0 atom stereocenters. The summed E-state index contributed by atoms with van der Waals surface area (Å²) in [6, 6.07) is 11.0. The summed E-state index contributed by atoms with van der Waals surface area (Å²) in [6.45, 7) is 0.779. The van der Waals surface area contributed by atoms with E-state index in [0.717, 1.165) is 17.8 Å². The van der Waals surface area contributed by atoms with E-state index < -0.39 is 6.03 Å². The number of hydrogen-bond donors (Lipinski definition) is 2. The van der Waals surface area contributed by atoms with E-state index in [-0.39, 0.29) is 0 Å². The molecular weight excluding hydrogens is 202 g/mol. The highest BCUT2D eigenvalue weighted by molar-refractivity contribution is 5.87. The van der Waals surface area contributed by atoms with Crippen molar-refractivity contribution >= 4 is 11.7 Å². The van der Waals surface area contributed by atoms with Crippen LogP contribution in [0.3, 0.4) is 0 Å². The first-order chi connectivity index (χ1) is 7.74. The van der Waals surface area contributed by atoms with Crippen LogP contribution < -0.4 is 11.1 Å². The van der Waals surface area contributed by atoms with Gasteiger partial charge in [-0.3, -0.25) is 0 Å². The normalized spacial score (nSPS) is 10.0. The molecule has 0 aliphatic carbocycles. The second kappa shape index (κ2) is 4.53. The van der Waals surface area contributed by atoms with E-state index in [1.807, 2.05) is 48.8 Å². The number of urea groups is 1. The molecule has 82 valence electrons. The van der Waals surface area contributed by atoms with Gasteiger partial charge in [0.2, 0.25) is 0 Å². The van der Waals surface area contributed by atoms with E-state index in [1.165, 1.54) is 0 Å². The molecule has 0 saturated carbocycles. The topological polar surface area (TPSA) is 60.1 Å². The van der Waals surface area contributed by atoms with Gasteiger partial charge in [-0.25, -0.2) is 4.79 Å². The molecule has 0 spiro atoms. The lowest BCUT2D eigenvalue weighted by atomic mass is 10.2. The van der Waals surface area contributed by atoms with E-state index in [4.69, 9.17) is 5.73 Å². The van der Waals surface area contributed by atoms with Gasteiger partial charge in [0, 0.05) is 24.6 Å². The lowest BCUT2D eigenvalue weighted by Crippen LogP contribution is -2.19. The number of anilines is 1. The van der Waals surface area contributed by atoms with Gasteiger partial charge in [-0.2, -0.15) is 0 Å². The molecule has 0 bridgehead atoms. The van der Waals surface area contributed by atoms with Gasteiger partial charge < -0.3 is 15.6 Å². The Morgan fingerprint density at radius 1 is 1.25 bits per heavy atom. The third kappa shape index (κ3) is 2.63. The predicted octanol–water partition coefficient (Wildman–Crippen LogP) is 2.03. The van der Waals surface area contributed by atoms with Crippen LogP contribution in [0, 0.1) is 0 Å². The molecule has 2 amide bonds. The summed E-state index contributed by atoms with van der Waals surface area (Å²) in [5.41, 5.74) is 6.89. The molecule has 0 saturated heterocycles.